The van der Waals surface area contributed by atoms with Crippen LogP contribution >= 0.6 is 24.8 Å². The zero-order chi connectivity index (χ0) is 16.7. The molecule has 1 aliphatic heterocycles. The summed E-state index contributed by atoms with van der Waals surface area (Å²) >= 11 is 0. The van der Waals surface area contributed by atoms with E-state index in [0.29, 0.717) is 0 Å². The number of likely N-dealkylation sites (N-methyl/N-ethyl adjacent to an activating group) is 1. The molecular formula is C19H33Cl2N3O. The summed E-state index contributed by atoms with van der Waals surface area (Å²) in [6.45, 7) is 11.1. The number of piperidine rings is 1. The van der Waals surface area contributed by atoms with Gasteiger partial charge in [-0.3, -0.25) is 9.69 Å². The van der Waals surface area contributed by atoms with Crippen molar-refractivity contribution in [1.29, 1.82) is 0 Å². The Labute approximate surface area is 164 Å². The fourth-order valence-corrected chi connectivity index (χ4v) is 3.36. The summed E-state index contributed by atoms with van der Waals surface area (Å²) in [6.07, 6.45) is 2.24. The molecule has 2 N–H and O–H groups in total. The van der Waals surface area contributed by atoms with Gasteiger partial charge < -0.3 is 10.6 Å². The Morgan fingerprint density at radius 1 is 1.16 bits per heavy atom. The van der Waals surface area contributed by atoms with E-state index < -0.39 is 0 Å². The second kappa shape index (κ2) is 11.7. The second-order valence-corrected chi connectivity index (χ2v) is 6.81. The van der Waals surface area contributed by atoms with Crippen LogP contribution in [0, 0.1) is 5.41 Å². The third-order valence-corrected chi connectivity index (χ3v) is 5.04. The zero-order valence-corrected chi connectivity index (χ0v) is 17.2. The third kappa shape index (κ3) is 6.78. The fourth-order valence-electron chi connectivity index (χ4n) is 3.36. The van der Waals surface area contributed by atoms with E-state index in [1.165, 1.54) is 0 Å². The van der Waals surface area contributed by atoms with Crippen molar-refractivity contribution in [1.82, 2.24) is 15.5 Å². The minimum Gasteiger partial charge on any atom is -0.354 e. The standard InChI is InChI=1S/C19H31N3O.2ClH/c1-4-22(5-2)17(16-9-7-6-8-10-16)18(23)21-15-19(3)11-13-20-14-12-19;;/h6-10,17,20H,4-5,11-15H2,1-3H3,(H,21,23);2*1H. The number of nitrogens with zero attached hydrogens (tertiary/aromatic N) is 1. The number of amides is 1. The number of benzene rings is 1. The van der Waals surface area contributed by atoms with Crippen molar-refractivity contribution in [2.75, 3.05) is 32.7 Å². The number of hydrogen-bond acceptors (Lipinski definition) is 3. The largest absolute Gasteiger partial charge is 0.354 e. The first-order chi connectivity index (χ1) is 11.1. The van der Waals surface area contributed by atoms with Crippen LogP contribution in [0.25, 0.3) is 0 Å². The first kappa shape index (κ1) is 24.2. The normalized spacial score (nSPS) is 17.1. The highest BCUT2D eigenvalue weighted by atomic mass is 35.5. The number of rotatable bonds is 7. The maximum absolute atomic E-state index is 12.9. The number of hydrogen-bond donors (Lipinski definition) is 2. The van der Waals surface area contributed by atoms with Gasteiger partial charge in [0.05, 0.1) is 0 Å². The van der Waals surface area contributed by atoms with Crippen LogP contribution in [-0.4, -0.2) is 43.5 Å². The van der Waals surface area contributed by atoms with E-state index >= 15 is 0 Å². The molecule has 1 aromatic carbocycles. The average molecular weight is 390 g/mol. The number of nitrogens with one attached hydrogen (secondary N) is 2. The van der Waals surface area contributed by atoms with Gasteiger partial charge in [-0.2, -0.15) is 0 Å². The Morgan fingerprint density at radius 2 is 1.72 bits per heavy atom. The molecule has 1 atom stereocenters. The molecule has 0 spiro atoms. The van der Waals surface area contributed by atoms with Crippen LogP contribution in [0.3, 0.4) is 0 Å². The van der Waals surface area contributed by atoms with Gasteiger partial charge in [-0.25, -0.2) is 0 Å². The topological polar surface area (TPSA) is 44.4 Å². The molecule has 1 heterocycles. The van der Waals surface area contributed by atoms with Crippen molar-refractivity contribution in [3.8, 4) is 0 Å². The third-order valence-electron chi connectivity index (χ3n) is 5.04. The van der Waals surface area contributed by atoms with Gasteiger partial charge in [-0.15, -0.1) is 24.8 Å². The van der Waals surface area contributed by atoms with E-state index in [9.17, 15) is 4.79 Å². The first-order valence-corrected chi connectivity index (χ1v) is 8.87. The van der Waals surface area contributed by atoms with Crippen LogP contribution in [-0.2, 0) is 4.79 Å². The van der Waals surface area contributed by atoms with Crippen LogP contribution in [0.1, 0.15) is 45.2 Å². The molecule has 0 saturated carbocycles. The molecule has 144 valence electrons. The maximum atomic E-state index is 12.9. The quantitative estimate of drug-likeness (QED) is 0.750. The predicted molar refractivity (Wildman–Crippen MR) is 110 cm³/mol. The molecule has 1 saturated heterocycles. The second-order valence-electron chi connectivity index (χ2n) is 6.81. The van der Waals surface area contributed by atoms with Gasteiger partial charge in [0.2, 0.25) is 5.91 Å². The van der Waals surface area contributed by atoms with Gasteiger partial charge in [0.25, 0.3) is 0 Å². The Bertz CT molecular complexity index is 489. The van der Waals surface area contributed by atoms with Crippen LogP contribution in [0.15, 0.2) is 30.3 Å². The molecule has 4 nitrogen and oxygen atoms in total. The lowest BCUT2D eigenvalue weighted by atomic mass is 9.81. The zero-order valence-electron chi connectivity index (χ0n) is 15.6. The molecule has 1 amide bonds. The Kier molecular flexibility index (Phi) is 11.4. The minimum absolute atomic E-state index is 0. The fraction of sp³-hybridized carbons (Fsp3) is 0.632. The van der Waals surface area contributed by atoms with E-state index in [0.717, 1.165) is 51.1 Å². The van der Waals surface area contributed by atoms with Crippen LogP contribution < -0.4 is 10.6 Å². The molecule has 6 heteroatoms. The highest BCUT2D eigenvalue weighted by Gasteiger charge is 2.30. The molecule has 0 aliphatic carbocycles. The Hall–Kier alpha value is -0.810. The van der Waals surface area contributed by atoms with Gasteiger partial charge in [0, 0.05) is 6.54 Å². The van der Waals surface area contributed by atoms with Crippen LogP contribution in [0.4, 0.5) is 0 Å². The number of halogens is 2. The molecule has 1 unspecified atom stereocenters. The highest BCUT2D eigenvalue weighted by Crippen LogP contribution is 2.27. The van der Waals surface area contributed by atoms with Crippen molar-refractivity contribution in [2.24, 2.45) is 5.41 Å². The lowest BCUT2D eigenvalue weighted by Crippen LogP contribution is -2.46. The monoisotopic (exact) mass is 389 g/mol. The summed E-state index contributed by atoms with van der Waals surface area (Å²) < 4.78 is 0. The number of carbonyl (C=O) groups is 1. The molecule has 1 fully saturated rings. The summed E-state index contributed by atoms with van der Waals surface area (Å²) in [5.74, 6) is 0.125. The Morgan fingerprint density at radius 3 is 2.24 bits per heavy atom. The summed E-state index contributed by atoms with van der Waals surface area (Å²) in [5.41, 5.74) is 1.29. The smallest absolute Gasteiger partial charge is 0.241 e. The molecule has 1 aliphatic rings. The lowest BCUT2D eigenvalue weighted by molar-refractivity contribution is -0.127. The van der Waals surface area contributed by atoms with E-state index in [2.05, 4.69) is 48.4 Å². The summed E-state index contributed by atoms with van der Waals surface area (Å²) in [7, 11) is 0. The molecular weight excluding hydrogens is 357 g/mol. The minimum atomic E-state index is -0.198. The van der Waals surface area contributed by atoms with Crippen molar-refractivity contribution >= 4 is 30.7 Å². The number of carbonyl (C=O) groups excluding carboxylic acids is 1. The summed E-state index contributed by atoms with van der Waals surface area (Å²) in [4.78, 5) is 15.1. The first-order valence-electron chi connectivity index (χ1n) is 8.87. The molecule has 0 aromatic heterocycles. The van der Waals surface area contributed by atoms with E-state index in [4.69, 9.17) is 0 Å². The van der Waals surface area contributed by atoms with Gasteiger partial charge in [-0.1, -0.05) is 51.1 Å². The van der Waals surface area contributed by atoms with Crippen molar-refractivity contribution < 1.29 is 4.79 Å². The van der Waals surface area contributed by atoms with Crippen molar-refractivity contribution in [3.63, 3.8) is 0 Å². The molecule has 25 heavy (non-hydrogen) atoms. The van der Waals surface area contributed by atoms with Gasteiger partial charge in [-0.05, 0) is 50.0 Å². The Balaban J connectivity index is 0.00000288. The molecule has 1 aromatic rings. The van der Waals surface area contributed by atoms with Crippen molar-refractivity contribution in [3.05, 3.63) is 35.9 Å². The van der Waals surface area contributed by atoms with Crippen molar-refractivity contribution in [2.45, 2.75) is 39.7 Å². The van der Waals surface area contributed by atoms with E-state index in [1.54, 1.807) is 0 Å². The van der Waals surface area contributed by atoms with Gasteiger partial charge in [0.1, 0.15) is 6.04 Å². The van der Waals surface area contributed by atoms with E-state index in [1.807, 2.05) is 18.2 Å². The molecule has 0 bridgehead atoms. The van der Waals surface area contributed by atoms with Crippen LogP contribution in [0.2, 0.25) is 0 Å². The predicted octanol–water partition coefficient (Wildman–Crippen LogP) is 3.42. The molecule has 0 radical (unpaired) electrons. The van der Waals surface area contributed by atoms with Gasteiger partial charge in [0.15, 0.2) is 0 Å². The summed E-state index contributed by atoms with van der Waals surface area (Å²) in [6, 6.07) is 9.91. The van der Waals surface area contributed by atoms with E-state index in [-0.39, 0.29) is 42.2 Å². The summed E-state index contributed by atoms with van der Waals surface area (Å²) in [5, 5.41) is 6.62. The maximum Gasteiger partial charge on any atom is 0.241 e. The lowest BCUT2D eigenvalue weighted by Gasteiger charge is -2.35. The average Bonchev–Trinajstić information content (AvgIpc) is 2.59. The highest BCUT2D eigenvalue weighted by molar-refractivity contribution is 5.85. The molecule has 2 rings (SSSR count). The van der Waals surface area contributed by atoms with Crippen LogP contribution in [0.5, 0.6) is 0 Å². The SMILES string of the molecule is CCN(CC)C(C(=O)NCC1(C)CCNCC1)c1ccccc1.Cl.Cl. The van der Waals surface area contributed by atoms with Gasteiger partial charge >= 0.3 is 0 Å².